The average molecular weight is 183 g/mol. The van der Waals surface area contributed by atoms with E-state index in [1.807, 2.05) is 13.0 Å². The van der Waals surface area contributed by atoms with Gasteiger partial charge in [0.1, 0.15) is 6.42 Å². The van der Waals surface area contributed by atoms with E-state index in [1.165, 1.54) is 5.57 Å². The standard InChI is InChI=1S/C9H13NO3/c1-7-2-4-10(5-3-7)8(11)6-9(12)13/h2H,3-6H2,1H3,(H,12,13). The van der Waals surface area contributed by atoms with E-state index in [0.29, 0.717) is 13.1 Å². The van der Waals surface area contributed by atoms with Gasteiger partial charge in [-0.1, -0.05) is 11.6 Å². The third kappa shape index (κ3) is 2.89. The number of carbonyl (C=O) groups excluding carboxylic acids is 1. The summed E-state index contributed by atoms with van der Waals surface area (Å²) < 4.78 is 0. The molecular formula is C9H13NO3. The molecule has 0 aromatic carbocycles. The summed E-state index contributed by atoms with van der Waals surface area (Å²) in [6.07, 6.45) is 2.42. The predicted molar refractivity (Wildman–Crippen MR) is 47.2 cm³/mol. The van der Waals surface area contributed by atoms with Gasteiger partial charge in [-0.3, -0.25) is 9.59 Å². The van der Waals surface area contributed by atoms with Gasteiger partial charge in [-0.05, 0) is 13.3 Å². The molecule has 0 aromatic heterocycles. The topological polar surface area (TPSA) is 57.6 Å². The third-order valence-electron chi connectivity index (χ3n) is 2.09. The molecule has 0 fully saturated rings. The number of carbonyl (C=O) groups is 2. The third-order valence-corrected chi connectivity index (χ3v) is 2.09. The molecule has 0 saturated heterocycles. The van der Waals surface area contributed by atoms with Crippen LogP contribution in [0.15, 0.2) is 11.6 Å². The average Bonchev–Trinajstić information content (AvgIpc) is 2.04. The van der Waals surface area contributed by atoms with E-state index in [1.54, 1.807) is 4.90 Å². The normalized spacial score (nSPS) is 16.7. The van der Waals surface area contributed by atoms with E-state index in [9.17, 15) is 9.59 Å². The van der Waals surface area contributed by atoms with Crippen molar-refractivity contribution in [2.75, 3.05) is 13.1 Å². The molecule has 1 rings (SSSR count). The van der Waals surface area contributed by atoms with E-state index in [4.69, 9.17) is 5.11 Å². The van der Waals surface area contributed by atoms with Crippen molar-refractivity contribution in [3.05, 3.63) is 11.6 Å². The van der Waals surface area contributed by atoms with Crippen LogP contribution in [0.2, 0.25) is 0 Å². The molecule has 1 aliphatic heterocycles. The SMILES string of the molecule is CC1=CCN(C(=O)CC(=O)O)CC1. The van der Waals surface area contributed by atoms with E-state index >= 15 is 0 Å². The molecule has 0 spiro atoms. The van der Waals surface area contributed by atoms with Gasteiger partial charge in [-0.15, -0.1) is 0 Å². The molecule has 0 aliphatic carbocycles. The molecule has 13 heavy (non-hydrogen) atoms. The molecule has 4 heteroatoms. The minimum absolute atomic E-state index is 0.295. The van der Waals surface area contributed by atoms with Gasteiger partial charge in [-0.2, -0.15) is 0 Å². The lowest BCUT2D eigenvalue weighted by Gasteiger charge is -2.24. The van der Waals surface area contributed by atoms with Crippen LogP contribution < -0.4 is 0 Å². The van der Waals surface area contributed by atoms with Crippen LogP contribution in [-0.4, -0.2) is 35.0 Å². The van der Waals surface area contributed by atoms with Gasteiger partial charge < -0.3 is 10.0 Å². The fourth-order valence-corrected chi connectivity index (χ4v) is 1.24. The quantitative estimate of drug-likeness (QED) is 0.505. The first-order valence-electron chi connectivity index (χ1n) is 4.25. The highest BCUT2D eigenvalue weighted by atomic mass is 16.4. The smallest absolute Gasteiger partial charge is 0.312 e. The second-order valence-corrected chi connectivity index (χ2v) is 3.21. The molecule has 0 unspecified atom stereocenters. The fraction of sp³-hybridized carbons (Fsp3) is 0.556. The molecule has 1 N–H and O–H groups in total. The van der Waals surface area contributed by atoms with E-state index in [-0.39, 0.29) is 5.91 Å². The Morgan fingerprint density at radius 2 is 2.31 bits per heavy atom. The summed E-state index contributed by atoms with van der Waals surface area (Å²) in [5.41, 5.74) is 1.26. The number of rotatable bonds is 2. The molecule has 0 saturated carbocycles. The summed E-state index contributed by atoms with van der Waals surface area (Å²) in [5, 5.41) is 8.40. The Balaban J connectivity index is 2.46. The lowest BCUT2D eigenvalue weighted by molar-refractivity contribution is -0.144. The Labute approximate surface area is 76.8 Å². The highest BCUT2D eigenvalue weighted by Gasteiger charge is 2.17. The molecule has 1 heterocycles. The van der Waals surface area contributed by atoms with Gasteiger partial charge in [0.05, 0.1) is 0 Å². The Bertz CT molecular complexity index is 258. The summed E-state index contributed by atoms with van der Waals surface area (Å²) in [7, 11) is 0. The van der Waals surface area contributed by atoms with Crippen LogP contribution >= 0.6 is 0 Å². The Morgan fingerprint density at radius 3 is 2.77 bits per heavy atom. The number of hydrogen-bond donors (Lipinski definition) is 1. The summed E-state index contributed by atoms with van der Waals surface area (Å²) in [5.74, 6) is -1.35. The first-order valence-corrected chi connectivity index (χ1v) is 4.25. The first kappa shape index (κ1) is 9.77. The van der Waals surface area contributed by atoms with Gasteiger partial charge in [0.25, 0.3) is 0 Å². The summed E-state index contributed by atoms with van der Waals surface area (Å²) in [4.78, 5) is 23.1. The zero-order chi connectivity index (χ0) is 9.84. The van der Waals surface area contributed by atoms with Gasteiger partial charge >= 0.3 is 5.97 Å². The fourth-order valence-electron chi connectivity index (χ4n) is 1.24. The second-order valence-electron chi connectivity index (χ2n) is 3.21. The van der Waals surface area contributed by atoms with Gasteiger partial charge in [0.15, 0.2) is 0 Å². The number of carboxylic acids is 1. The summed E-state index contributed by atoms with van der Waals surface area (Å²) in [6.45, 7) is 3.21. The number of hydrogen-bond acceptors (Lipinski definition) is 2. The van der Waals surface area contributed by atoms with Crippen LogP contribution in [0.5, 0.6) is 0 Å². The van der Waals surface area contributed by atoms with Crippen molar-refractivity contribution in [1.29, 1.82) is 0 Å². The van der Waals surface area contributed by atoms with Crippen molar-refractivity contribution in [3.8, 4) is 0 Å². The monoisotopic (exact) mass is 183 g/mol. The molecule has 1 amide bonds. The van der Waals surface area contributed by atoms with Crippen LogP contribution in [0.1, 0.15) is 19.8 Å². The zero-order valence-electron chi connectivity index (χ0n) is 7.62. The van der Waals surface area contributed by atoms with E-state index < -0.39 is 12.4 Å². The molecule has 72 valence electrons. The van der Waals surface area contributed by atoms with Crippen molar-refractivity contribution in [1.82, 2.24) is 4.90 Å². The maximum Gasteiger partial charge on any atom is 0.312 e. The molecule has 0 bridgehead atoms. The Hall–Kier alpha value is -1.32. The number of amides is 1. The number of nitrogens with zero attached hydrogens (tertiary/aromatic N) is 1. The molecule has 4 nitrogen and oxygen atoms in total. The van der Waals surface area contributed by atoms with Crippen LogP contribution in [0.3, 0.4) is 0 Å². The molecular weight excluding hydrogens is 170 g/mol. The highest BCUT2D eigenvalue weighted by molar-refractivity contribution is 5.93. The van der Waals surface area contributed by atoms with Crippen LogP contribution in [-0.2, 0) is 9.59 Å². The largest absolute Gasteiger partial charge is 0.481 e. The highest BCUT2D eigenvalue weighted by Crippen LogP contribution is 2.10. The van der Waals surface area contributed by atoms with Crippen molar-refractivity contribution in [2.24, 2.45) is 0 Å². The van der Waals surface area contributed by atoms with Crippen molar-refractivity contribution in [3.63, 3.8) is 0 Å². The Morgan fingerprint density at radius 1 is 1.62 bits per heavy atom. The van der Waals surface area contributed by atoms with Crippen LogP contribution in [0, 0.1) is 0 Å². The van der Waals surface area contributed by atoms with Gasteiger partial charge in [0.2, 0.25) is 5.91 Å². The molecule has 0 aromatic rings. The van der Waals surface area contributed by atoms with Crippen molar-refractivity contribution >= 4 is 11.9 Å². The lowest BCUT2D eigenvalue weighted by Crippen LogP contribution is -2.35. The lowest BCUT2D eigenvalue weighted by atomic mass is 10.1. The summed E-state index contributed by atoms with van der Waals surface area (Å²) in [6, 6.07) is 0. The number of carboxylic acid groups (broad SMARTS) is 1. The van der Waals surface area contributed by atoms with Crippen molar-refractivity contribution in [2.45, 2.75) is 19.8 Å². The molecule has 0 atom stereocenters. The van der Waals surface area contributed by atoms with Crippen LogP contribution in [0.25, 0.3) is 0 Å². The summed E-state index contributed by atoms with van der Waals surface area (Å²) >= 11 is 0. The second kappa shape index (κ2) is 4.07. The maximum absolute atomic E-state index is 11.2. The predicted octanol–water partition coefficient (Wildman–Crippen LogP) is 0.640. The van der Waals surface area contributed by atoms with E-state index in [0.717, 1.165) is 6.42 Å². The minimum atomic E-state index is -1.06. The molecule has 1 aliphatic rings. The zero-order valence-corrected chi connectivity index (χ0v) is 7.62. The number of aliphatic carboxylic acids is 1. The van der Waals surface area contributed by atoms with Crippen LogP contribution in [0.4, 0.5) is 0 Å². The minimum Gasteiger partial charge on any atom is -0.481 e. The molecule has 0 radical (unpaired) electrons. The van der Waals surface area contributed by atoms with Gasteiger partial charge in [0, 0.05) is 13.1 Å². The first-order chi connectivity index (χ1) is 6.09. The van der Waals surface area contributed by atoms with E-state index in [2.05, 4.69) is 0 Å². The Kier molecular flexibility index (Phi) is 3.06. The maximum atomic E-state index is 11.2. The van der Waals surface area contributed by atoms with Crippen molar-refractivity contribution < 1.29 is 14.7 Å². The van der Waals surface area contributed by atoms with Gasteiger partial charge in [-0.25, -0.2) is 0 Å².